The van der Waals surface area contributed by atoms with Gasteiger partial charge in [0.25, 0.3) is 0 Å². The van der Waals surface area contributed by atoms with Gasteiger partial charge in [0.2, 0.25) is 11.8 Å². The van der Waals surface area contributed by atoms with E-state index in [0.717, 1.165) is 11.7 Å². The number of hydrogen-bond donors (Lipinski definition) is 1. The molecule has 0 bridgehead atoms. The van der Waals surface area contributed by atoms with Crippen LogP contribution in [0.25, 0.3) is 0 Å². The average Bonchev–Trinajstić information content (AvgIpc) is 3.10. The molecular formula is C13H17N5O. The van der Waals surface area contributed by atoms with Gasteiger partial charge in [-0.05, 0) is 18.9 Å². The van der Waals surface area contributed by atoms with E-state index >= 15 is 0 Å². The van der Waals surface area contributed by atoms with E-state index in [1.807, 2.05) is 0 Å². The van der Waals surface area contributed by atoms with E-state index in [-0.39, 0.29) is 0 Å². The number of anilines is 1. The molecule has 1 N–H and O–H groups in total. The van der Waals surface area contributed by atoms with E-state index in [4.69, 9.17) is 4.52 Å². The number of rotatable bonds is 5. The van der Waals surface area contributed by atoms with E-state index in [9.17, 15) is 0 Å². The molecule has 1 saturated carbocycles. The van der Waals surface area contributed by atoms with Gasteiger partial charge in [-0.1, -0.05) is 18.0 Å². The second-order valence-corrected chi connectivity index (χ2v) is 4.78. The quantitative estimate of drug-likeness (QED) is 0.886. The molecule has 1 aliphatic rings. The summed E-state index contributed by atoms with van der Waals surface area (Å²) in [4.78, 5) is 12.6. The topological polar surface area (TPSA) is 76.7 Å². The van der Waals surface area contributed by atoms with Gasteiger partial charge in [-0.25, -0.2) is 9.97 Å². The van der Waals surface area contributed by atoms with Crippen molar-refractivity contribution in [3.05, 3.63) is 30.2 Å². The average molecular weight is 259 g/mol. The zero-order valence-electron chi connectivity index (χ0n) is 10.7. The van der Waals surface area contributed by atoms with Crippen LogP contribution in [0.2, 0.25) is 0 Å². The van der Waals surface area contributed by atoms with Crippen LogP contribution in [0.1, 0.15) is 43.3 Å². The summed E-state index contributed by atoms with van der Waals surface area (Å²) in [5.41, 5.74) is 0. The summed E-state index contributed by atoms with van der Waals surface area (Å²) in [5.74, 6) is 2.67. The summed E-state index contributed by atoms with van der Waals surface area (Å²) in [7, 11) is 0. The van der Waals surface area contributed by atoms with Crippen molar-refractivity contribution in [2.45, 2.75) is 38.0 Å². The van der Waals surface area contributed by atoms with Gasteiger partial charge in [0, 0.05) is 31.3 Å². The highest BCUT2D eigenvalue weighted by atomic mass is 16.5. The van der Waals surface area contributed by atoms with Gasteiger partial charge in [-0.3, -0.25) is 0 Å². The molecule has 0 aliphatic heterocycles. The van der Waals surface area contributed by atoms with Crippen molar-refractivity contribution in [1.82, 2.24) is 20.1 Å². The van der Waals surface area contributed by atoms with Gasteiger partial charge in [-0.2, -0.15) is 4.98 Å². The maximum atomic E-state index is 5.33. The maximum absolute atomic E-state index is 5.33. The molecule has 100 valence electrons. The molecule has 19 heavy (non-hydrogen) atoms. The summed E-state index contributed by atoms with van der Waals surface area (Å²) in [6.07, 6.45) is 9.04. The molecule has 1 fully saturated rings. The van der Waals surface area contributed by atoms with E-state index in [2.05, 4.69) is 25.4 Å². The maximum Gasteiger partial charge on any atom is 0.229 e. The standard InChI is InChI=1S/C13H17N5O/c1-2-5-10(4-1)12-17-11(18-19-12)6-9-16-13-14-7-3-8-15-13/h3,7-8,10H,1-2,4-6,9H2,(H,14,15,16). The summed E-state index contributed by atoms with van der Waals surface area (Å²) in [6, 6.07) is 1.79. The predicted molar refractivity (Wildman–Crippen MR) is 69.7 cm³/mol. The largest absolute Gasteiger partial charge is 0.354 e. The lowest BCUT2D eigenvalue weighted by molar-refractivity contribution is 0.350. The van der Waals surface area contributed by atoms with Crippen molar-refractivity contribution in [1.29, 1.82) is 0 Å². The molecule has 0 aromatic carbocycles. The van der Waals surface area contributed by atoms with E-state index in [1.54, 1.807) is 18.5 Å². The van der Waals surface area contributed by atoms with Crippen molar-refractivity contribution >= 4 is 5.95 Å². The molecule has 0 spiro atoms. The second-order valence-electron chi connectivity index (χ2n) is 4.78. The van der Waals surface area contributed by atoms with E-state index in [1.165, 1.54) is 25.7 Å². The van der Waals surface area contributed by atoms with Crippen LogP contribution in [0.4, 0.5) is 5.95 Å². The van der Waals surface area contributed by atoms with E-state index < -0.39 is 0 Å². The first-order valence-electron chi connectivity index (χ1n) is 6.75. The zero-order valence-corrected chi connectivity index (χ0v) is 10.7. The van der Waals surface area contributed by atoms with Crippen LogP contribution in [0.15, 0.2) is 23.0 Å². The molecule has 2 heterocycles. The Bertz CT molecular complexity index is 507. The first kappa shape index (κ1) is 12.1. The van der Waals surface area contributed by atoms with Gasteiger partial charge < -0.3 is 9.84 Å². The SMILES string of the molecule is c1cnc(NCCc2noc(C3CCCC3)n2)nc1. The highest BCUT2D eigenvalue weighted by molar-refractivity contribution is 5.21. The minimum Gasteiger partial charge on any atom is -0.354 e. The fourth-order valence-electron chi connectivity index (χ4n) is 2.38. The lowest BCUT2D eigenvalue weighted by Crippen LogP contribution is -2.08. The minimum atomic E-state index is 0.478. The molecule has 1 aliphatic carbocycles. The van der Waals surface area contributed by atoms with Gasteiger partial charge in [-0.15, -0.1) is 0 Å². The molecule has 0 amide bonds. The molecule has 2 aromatic rings. The molecule has 6 nitrogen and oxygen atoms in total. The molecule has 3 rings (SSSR count). The van der Waals surface area contributed by atoms with Crippen molar-refractivity contribution in [3.8, 4) is 0 Å². The third-order valence-corrected chi connectivity index (χ3v) is 3.39. The fraction of sp³-hybridized carbons (Fsp3) is 0.538. The van der Waals surface area contributed by atoms with Gasteiger partial charge in [0.1, 0.15) is 0 Å². The zero-order chi connectivity index (χ0) is 12.9. The smallest absolute Gasteiger partial charge is 0.229 e. The Labute approximate surface area is 111 Å². The lowest BCUT2D eigenvalue weighted by Gasteiger charge is -2.01. The van der Waals surface area contributed by atoms with Crippen molar-refractivity contribution < 1.29 is 4.52 Å². The summed E-state index contributed by atoms with van der Waals surface area (Å²) < 4.78 is 5.33. The molecule has 0 unspecified atom stereocenters. The molecule has 2 aromatic heterocycles. The Hall–Kier alpha value is -1.98. The summed E-state index contributed by atoms with van der Waals surface area (Å²) in [5, 5.41) is 7.15. The van der Waals surface area contributed by atoms with Crippen molar-refractivity contribution in [3.63, 3.8) is 0 Å². The number of nitrogens with zero attached hydrogens (tertiary/aromatic N) is 4. The van der Waals surface area contributed by atoms with Gasteiger partial charge >= 0.3 is 0 Å². The van der Waals surface area contributed by atoms with Crippen LogP contribution in [0, 0.1) is 0 Å². The Morgan fingerprint density at radius 3 is 2.79 bits per heavy atom. The molecule has 0 atom stereocenters. The highest BCUT2D eigenvalue weighted by Crippen LogP contribution is 2.32. The monoisotopic (exact) mass is 259 g/mol. The van der Waals surface area contributed by atoms with Crippen LogP contribution < -0.4 is 5.32 Å². The van der Waals surface area contributed by atoms with Crippen LogP contribution in [-0.2, 0) is 6.42 Å². The third-order valence-electron chi connectivity index (χ3n) is 3.39. The Kier molecular flexibility index (Phi) is 3.67. The van der Waals surface area contributed by atoms with Crippen LogP contribution >= 0.6 is 0 Å². The highest BCUT2D eigenvalue weighted by Gasteiger charge is 2.22. The van der Waals surface area contributed by atoms with Crippen LogP contribution in [-0.4, -0.2) is 26.7 Å². The number of hydrogen-bond acceptors (Lipinski definition) is 6. The van der Waals surface area contributed by atoms with Gasteiger partial charge in [0.05, 0.1) is 0 Å². The van der Waals surface area contributed by atoms with Gasteiger partial charge in [0.15, 0.2) is 5.82 Å². The molecular weight excluding hydrogens is 242 g/mol. The third kappa shape index (κ3) is 3.07. The minimum absolute atomic E-state index is 0.478. The Balaban J connectivity index is 1.50. The normalized spacial score (nSPS) is 15.8. The van der Waals surface area contributed by atoms with Crippen LogP contribution in [0.5, 0.6) is 0 Å². The molecule has 6 heteroatoms. The molecule has 0 radical (unpaired) electrons. The molecule has 0 saturated heterocycles. The lowest BCUT2D eigenvalue weighted by atomic mass is 10.1. The summed E-state index contributed by atoms with van der Waals surface area (Å²) >= 11 is 0. The van der Waals surface area contributed by atoms with Crippen LogP contribution in [0.3, 0.4) is 0 Å². The van der Waals surface area contributed by atoms with Crippen molar-refractivity contribution in [2.24, 2.45) is 0 Å². The predicted octanol–water partition coefficient (Wildman–Crippen LogP) is 2.17. The second kappa shape index (κ2) is 5.77. The Morgan fingerprint density at radius 2 is 2.00 bits per heavy atom. The number of nitrogens with one attached hydrogen (secondary N) is 1. The van der Waals surface area contributed by atoms with E-state index in [0.29, 0.717) is 24.8 Å². The number of aromatic nitrogens is 4. The summed E-state index contributed by atoms with van der Waals surface area (Å²) in [6.45, 7) is 0.702. The first-order valence-corrected chi connectivity index (χ1v) is 6.75. The fourth-order valence-corrected chi connectivity index (χ4v) is 2.38. The first-order chi connectivity index (χ1) is 9.42. The van der Waals surface area contributed by atoms with Crippen molar-refractivity contribution in [2.75, 3.05) is 11.9 Å². The Morgan fingerprint density at radius 1 is 1.21 bits per heavy atom.